The second-order valence-corrected chi connectivity index (χ2v) is 7.36. The zero-order valence-electron chi connectivity index (χ0n) is 11.5. The quantitative estimate of drug-likeness (QED) is 0.593. The fourth-order valence-electron chi connectivity index (χ4n) is 2.84. The Balaban J connectivity index is 1.88. The minimum absolute atomic E-state index is 0.00547. The van der Waals surface area contributed by atoms with Crippen LogP contribution < -0.4 is 0 Å². The van der Waals surface area contributed by atoms with E-state index >= 15 is 0 Å². The summed E-state index contributed by atoms with van der Waals surface area (Å²) in [6.45, 7) is 2.05. The molecule has 2 heterocycles. The first-order chi connectivity index (χ1) is 9.89. The summed E-state index contributed by atoms with van der Waals surface area (Å²) >= 11 is 0. The molecule has 2 unspecified atom stereocenters. The highest BCUT2D eigenvalue weighted by atomic mass is 32.2. The van der Waals surface area contributed by atoms with Crippen LogP contribution in [0.3, 0.4) is 0 Å². The molecule has 1 aromatic carbocycles. The van der Waals surface area contributed by atoms with Crippen LogP contribution in [0.25, 0.3) is 0 Å². The summed E-state index contributed by atoms with van der Waals surface area (Å²) < 4.78 is 31.1. The van der Waals surface area contributed by atoms with Crippen molar-refractivity contribution in [3.8, 4) is 0 Å². The molecule has 0 saturated carbocycles. The van der Waals surface area contributed by atoms with E-state index in [-0.39, 0.29) is 18.0 Å². The highest BCUT2D eigenvalue weighted by Gasteiger charge is 2.49. The maximum absolute atomic E-state index is 12.6. The molecule has 0 radical (unpaired) electrons. The van der Waals surface area contributed by atoms with Crippen molar-refractivity contribution in [1.29, 1.82) is 0 Å². The van der Waals surface area contributed by atoms with Gasteiger partial charge in [-0.05, 0) is 31.0 Å². The van der Waals surface area contributed by atoms with Crippen LogP contribution in [0.15, 0.2) is 29.2 Å². The van der Waals surface area contributed by atoms with E-state index in [1.165, 1.54) is 10.4 Å². The van der Waals surface area contributed by atoms with Crippen molar-refractivity contribution in [2.75, 3.05) is 13.1 Å². The Hall–Kier alpha value is -1.73. The van der Waals surface area contributed by atoms with Crippen molar-refractivity contribution in [3.63, 3.8) is 0 Å². The number of piperidine rings is 1. The molecule has 2 atom stereocenters. The zero-order valence-corrected chi connectivity index (χ0v) is 12.3. The van der Waals surface area contributed by atoms with Gasteiger partial charge in [0.05, 0.1) is 16.7 Å². The lowest BCUT2D eigenvalue weighted by atomic mass is 9.89. The molecule has 0 spiro atoms. The highest BCUT2D eigenvalue weighted by Crippen LogP contribution is 2.33. The average molecular weight is 309 g/mol. The van der Waals surface area contributed by atoms with Crippen LogP contribution >= 0.6 is 0 Å². The molecule has 2 saturated heterocycles. The second kappa shape index (κ2) is 4.92. The van der Waals surface area contributed by atoms with Gasteiger partial charge in [0, 0.05) is 13.1 Å². The maximum Gasteiger partial charge on any atom is 0.318 e. The van der Waals surface area contributed by atoms with Gasteiger partial charge in [0.2, 0.25) is 10.0 Å². The van der Waals surface area contributed by atoms with Crippen LogP contribution in [0.5, 0.6) is 0 Å². The first kappa shape index (κ1) is 14.2. The van der Waals surface area contributed by atoms with Crippen molar-refractivity contribution in [2.24, 2.45) is 11.8 Å². The van der Waals surface area contributed by atoms with E-state index < -0.39 is 33.8 Å². The number of nitrogens with zero attached hydrogens (tertiary/aromatic N) is 1. The van der Waals surface area contributed by atoms with E-state index in [0.717, 1.165) is 5.56 Å². The lowest BCUT2D eigenvalue weighted by molar-refractivity contribution is -0.153. The molecule has 0 N–H and O–H groups in total. The molecule has 6 nitrogen and oxygen atoms in total. The summed E-state index contributed by atoms with van der Waals surface area (Å²) in [6, 6.07) is 6.63. The summed E-state index contributed by atoms with van der Waals surface area (Å²) in [7, 11) is -3.65. The van der Waals surface area contributed by atoms with E-state index in [4.69, 9.17) is 0 Å². The first-order valence-electron chi connectivity index (χ1n) is 6.72. The minimum Gasteiger partial charge on any atom is -0.393 e. The molecule has 2 fully saturated rings. The van der Waals surface area contributed by atoms with Crippen molar-refractivity contribution in [2.45, 2.75) is 18.2 Å². The molecule has 0 aliphatic carbocycles. The van der Waals surface area contributed by atoms with Crippen molar-refractivity contribution < 1.29 is 22.7 Å². The van der Waals surface area contributed by atoms with E-state index in [2.05, 4.69) is 4.74 Å². The van der Waals surface area contributed by atoms with Crippen LogP contribution in [-0.4, -0.2) is 37.8 Å². The van der Waals surface area contributed by atoms with Crippen LogP contribution in [-0.2, 0) is 24.3 Å². The lowest BCUT2D eigenvalue weighted by Gasteiger charge is -2.30. The summed E-state index contributed by atoms with van der Waals surface area (Å²) in [4.78, 5) is 23.3. The van der Waals surface area contributed by atoms with E-state index in [0.29, 0.717) is 6.42 Å². The van der Waals surface area contributed by atoms with Crippen LogP contribution in [0.4, 0.5) is 0 Å². The normalized spacial score (nSPS) is 26.5. The lowest BCUT2D eigenvalue weighted by Crippen LogP contribution is -2.44. The Labute approximate surface area is 122 Å². The van der Waals surface area contributed by atoms with Crippen molar-refractivity contribution in [3.05, 3.63) is 29.8 Å². The van der Waals surface area contributed by atoms with Crippen LogP contribution in [0.2, 0.25) is 0 Å². The SMILES string of the molecule is Cc1cccc(S(=O)(=O)N2CCC3C(=O)OC(=O)C3C2)c1. The molecule has 0 amide bonds. The Kier molecular flexibility index (Phi) is 3.33. The molecule has 21 heavy (non-hydrogen) atoms. The maximum atomic E-state index is 12.6. The number of fused-ring (bicyclic) bond motifs is 1. The largest absolute Gasteiger partial charge is 0.393 e. The molecular formula is C14H15NO5S. The van der Waals surface area contributed by atoms with Gasteiger partial charge in [-0.3, -0.25) is 9.59 Å². The van der Waals surface area contributed by atoms with E-state index in [1.54, 1.807) is 12.1 Å². The summed E-state index contributed by atoms with van der Waals surface area (Å²) in [5, 5.41) is 0. The topological polar surface area (TPSA) is 80.8 Å². The molecule has 3 rings (SSSR count). The van der Waals surface area contributed by atoms with Crippen LogP contribution in [0.1, 0.15) is 12.0 Å². The van der Waals surface area contributed by atoms with Gasteiger partial charge in [0.15, 0.2) is 0 Å². The number of carbonyl (C=O) groups is 2. The summed E-state index contributed by atoms with van der Waals surface area (Å²) in [6.07, 6.45) is 0.320. The molecule has 112 valence electrons. The summed E-state index contributed by atoms with van der Waals surface area (Å²) in [5.74, 6) is -2.32. The molecule has 2 aliphatic heterocycles. The third kappa shape index (κ3) is 2.36. The number of rotatable bonds is 2. The Morgan fingerprint density at radius 2 is 1.90 bits per heavy atom. The number of hydrogen-bond acceptors (Lipinski definition) is 5. The number of aryl methyl sites for hydroxylation is 1. The smallest absolute Gasteiger partial charge is 0.318 e. The Morgan fingerprint density at radius 1 is 1.19 bits per heavy atom. The molecule has 0 bridgehead atoms. The van der Waals surface area contributed by atoms with Gasteiger partial charge < -0.3 is 4.74 Å². The Morgan fingerprint density at radius 3 is 2.62 bits per heavy atom. The van der Waals surface area contributed by atoms with Gasteiger partial charge in [-0.2, -0.15) is 4.31 Å². The monoisotopic (exact) mass is 309 g/mol. The number of sulfonamides is 1. The average Bonchev–Trinajstić information content (AvgIpc) is 2.74. The standard InChI is InChI=1S/C14H15NO5S/c1-9-3-2-4-10(7-9)21(18,19)15-6-5-11-12(8-15)14(17)20-13(11)16/h2-4,7,11-12H,5-6,8H2,1H3. The number of esters is 2. The van der Waals surface area contributed by atoms with Crippen molar-refractivity contribution in [1.82, 2.24) is 4.31 Å². The molecular weight excluding hydrogens is 294 g/mol. The second-order valence-electron chi connectivity index (χ2n) is 5.42. The van der Waals surface area contributed by atoms with Gasteiger partial charge in [-0.25, -0.2) is 8.42 Å². The van der Waals surface area contributed by atoms with Gasteiger partial charge in [0.25, 0.3) is 0 Å². The third-order valence-corrected chi connectivity index (χ3v) is 5.87. The molecule has 1 aromatic rings. The number of hydrogen-bond donors (Lipinski definition) is 0. The predicted molar refractivity (Wildman–Crippen MR) is 72.6 cm³/mol. The van der Waals surface area contributed by atoms with Crippen LogP contribution in [0, 0.1) is 18.8 Å². The molecule has 7 heteroatoms. The zero-order chi connectivity index (χ0) is 15.2. The minimum atomic E-state index is -3.65. The summed E-state index contributed by atoms with van der Waals surface area (Å²) in [5.41, 5.74) is 0.849. The van der Waals surface area contributed by atoms with E-state index in [1.807, 2.05) is 13.0 Å². The van der Waals surface area contributed by atoms with Gasteiger partial charge >= 0.3 is 11.9 Å². The molecule has 0 aromatic heterocycles. The van der Waals surface area contributed by atoms with E-state index in [9.17, 15) is 18.0 Å². The Bertz CT molecular complexity index is 712. The van der Waals surface area contributed by atoms with Gasteiger partial charge in [0.1, 0.15) is 0 Å². The number of carbonyl (C=O) groups excluding carboxylic acids is 2. The van der Waals surface area contributed by atoms with Gasteiger partial charge in [-0.15, -0.1) is 0 Å². The fraction of sp³-hybridized carbons (Fsp3) is 0.429. The highest BCUT2D eigenvalue weighted by molar-refractivity contribution is 7.89. The van der Waals surface area contributed by atoms with Gasteiger partial charge in [-0.1, -0.05) is 12.1 Å². The number of ether oxygens (including phenoxy) is 1. The third-order valence-electron chi connectivity index (χ3n) is 4.01. The molecule has 2 aliphatic rings. The fourth-order valence-corrected chi connectivity index (χ4v) is 4.42. The first-order valence-corrected chi connectivity index (χ1v) is 8.16. The number of benzene rings is 1. The number of cyclic esters (lactones) is 2. The predicted octanol–water partition coefficient (Wildman–Crippen LogP) is 0.705. The van der Waals surface area contributed by atoms with Crippen molar-refractivity contribution >= 4 is 22.0 Å².